The van der Waals surface area contributed by atoms with E-state index in [9.17, 15) is 14.0 Å². The number of carbonyl (C=O) groups is 2. The van der Waals surface area contributed by atoms with Gasteiger partial charge in [0.05, 0.1) is 11.8 Å². The van der Waals surface area contributed by atoms with Gasteiger partial charge in [-0.15, -0.1) is 0 Å². The molecule has 0 fully saturated rings. The van der Waals surface area contributed by atoms with E-state index >= 15 is 0 Å². The average Bonchev–Trinajstić information content (AvgIpc) is 3.09. The molecule has 27 heavy (non-hydrogen) atoms. The molecule has 0 saturated carbocycles. The molecule has 0 bridgehead atoms. The number of benzene rings is 2. The maximum atomic E-state index is 13.1. The number of nitrogens with zero attached hydrogens (tertiary/aromatic N) is 2. The summed E-state index contributed by atoms with van der Waals surface area (Å²) >= 11 is 0. The molecule has 0 unspecified atom stereocenters. The summed E-state index contributed by atoms with van der Waals surface area (Å²) in [6.07, 6.45) is 1.44. The van der Waals surface area contributed by atoms with E-state index in [2.05, 4.69) is 20.7 Å². The molecular weight excluding hydrogens is 351 g/mol. The number of aromatic amines is 1. The lowest BCUT2D eigenvalue weighted by Crippen LogP contribution is -2.18. The highest BCUT2D eigenvalue weighted by Crippen LogP contribution is 2.14. The van der Waals surface area contributed by atoms with Crippen LogP contribution in [0.25, 0.3) is 0 Å². The minimum Gasteiger partial charge on any atom is -0.423 e. The van der Waals surface area contributed by atoms with Crippen LogP contribution in [-0.2, 0) is 0 Å². The largest absolute Gasteiger partial charge is 0.423 e. The fraction of sp³-hybridized carbons (Fsp3) is 0.0526. The van der Waals surface area contributed by atoms with E-state index in [1.54, 1.807) is 37.3 Å². The summed E-state index contributed by atoms with van der Waals surface area (Å²) in [5, 5.41) is 10.3. The third-order valence-corrected chi connectivity index (χ3v) is 3.47. The summed E-state index contributed by atoms with van der Waals surface area (Å²) in [6.45, 7) is 1.79. The topological polar surface area (TPSA) is 96.4 Å². The first-order chi connectivity index (χ1) is 13.0. The second-order valence-corrected chi connectivity index (χ2v) is 5.60. The van der Waals surface area contributed by atoms with Crippen molar-refractivity contribution in [2.75, 3.05) is 0 Å². The maximum absolute atomic E-state index is 13.1. The van der Waals surface area contributed by atoms with Crippen LogP contribution in [0, 0.1) is 12.7 Å². The molecule has 8 heteroatoms. The SMILES string of the molecule is Cc1cc(C(=O)NN=Cc2ccc(OC(=O)c3cccc(F)c3)cc2)n[nH]1. The van der Waals surface area contributed by atoms with Crippen LogP contribution in [0.4, 0.5) is 4.39 Å². The molecule has 3 rings (SSSR count). The normalized spacial score (nSPS) is 10.7. The molecular formula is C19H15FN4O3. The second-order valence-electron chi connectivity index (χ2n) is 5.60. The highest BCUT2D eigenvalue weighted by atomic mass is 19.1. The van der Waals surface area contributed by atoms with Gasteiger partial charge >= 0.3 is 5.97 Å². The monoisotopic (exact) mass is 366 g/mol. The molecule has 1 amide bonds. The maximum Gasteiger partial charge on any atom is 0.343 e. The van der Waals surface area contributed by atoms with Crippen molar-refractivity contribution in [1.29, 1.82) is 0 Å². The fourth-order valence-corrected chi connectivity index (χ4v) is 2.16. The molecule has 2 N–H and O–H groups in total. The Morgan fingerprint density at radius 1 is 1.19 bits per heavy atom. The van der Waals surface area contributed by atoms with Gasteiger partial charge < -0.3 is 4.74 Å². The summed E-state index contributed by atoms with van der Waals surface area (Å²) in [6, 6.07) is 13.3. The molecule has 2 aromatic carbocycles. The first-order valence-electron chi connectivity index (χ1n) is 7.94. The number of halogens is 1. The number of aryl methyl sites for hydroxylation is 1. The predicted octanol–water partition coefficient (Wildman–Crippen LogP) is 2.84. The summed E-state index contributed by atoms with van der Waals surface area (Å²) in [5.74, 6) is -1.30. The number of H-pyrrole nitrogens is 1. The van der Waals surface area contributed by atoms with E-state index in [0.29, 0.717) is 11.3 Å². The molecule has 0 atom stereocenters. The number of hydrazone groups is 1. The van der Waals surface area contributed by atoms with Gasteiger partial charge in [-0.25, -0.2) is 14.6 Å². The van der Waals surface area contributed by atoms with Crippen LogP contribution in [-0.4, -0.2) is 28.3 Å². The van der Waals surface area contributed by atoms with Crippen molar-refractivity contribution in [2.45, 2.75) is 6.92 Å². The highest BCUT2D eigenvalue weighted by Gasteiger charge is 2.09. The highest BCUT2D eigenvalue weighted by molar-refractivity contribution is 5.93. The minimum atomic E-state index is -0.655. The number of hydrogen-bond donors (Lipinski definition) is 2. The Bertz CT molecular complexity index is 996. The predicted molar refractivity (Wildman–Crippen MR) is 96.2 cm³/mol. The zero-order valence-electron chi connectivity index (χ0n) is 14.3. The van der Waals surface area contributed by atoms with Gasteiger partial charge in [0.1, 0.15) is 11.6 Å². The number of amides is 1. The minimum absolute atomic E-state index is 0.122. The number of hydrogen-bond acceptors (Lipinski definition) is 5. The van der Waals surface area contributed by atoms with E-state index in [1.165, 1.54) is 24.4 Å². The zero-order chi connectivity index (χ0) is 19.2. The number of rotatable bonds is 5. The average molecular weight is 366 g/mol. The second kappa shape index (κ2) is 8.05. The standard InChI is InChI=1S/C19H15FN4O3/c1-12-9-17(23-22-12)18(25)24-21-11-13-5-7-16(8-6-13)27-19(26)14-3-2-4-15(20)10-14/h2-11H,1H3,(H,22,23)(H,24,25). The molecule has 0 aliphatic rings. The van der Waals surface area contributed by atoms with Gasteiger partial charge in [-0.1, -0.05) is 6.07 Å². The van der Waals surface area contributed by atoms with Crippen LogP contribution in [0.15, 0.2) is 59.7 Å². The number of carbonyl (C=O) groups excluding carboxylic acids is 2. The van der Waals surface area contributed by atoms with Crippen molar-refractivity contribution in [3.05, 3.63) is 82.9 Å². The Kier molecular flexibility index (Phi) is 5.36. The Morgan fingerprint density at radius 3 is 2.63 bits per heavy atom. The third kappa shape index (κ3) is 4.85. The van der Waals surface area contributed by atoms with E-state index in [-0.39, 0.29) is 11.3 Å². The van der Waals surface area contributed by atoms with Crippen LogP contribution in [0.3, 0.4) is 0 Å². The van der Waals surface area contributed by atoms with Crippen molar-refractivity contribution in [3.8, 4) is 5.75 Å². The molecule has 0 aliphatic carbocycles. The summed E-state index contributed by atoms with van der Waals surface area (Å²) in [7, 11) is 0. The van der Waals surface area contributed by atoms with Crippen LogP contribution in [0.5, 0.6) is 5.75 Å². The van der Waals surface area contributed by atoms with E-state index in [4.69, 9.17) is 4.74 Å². The van der Waals surface area contributed by atoms with Gasteiger partial charge in [-0.2, -0.15) is 10.2 Å². The fourth-order valence-electron chi connectivity index (χ4n) is 2.16. The lowest BCUT2D eigenvalue weighted by molar-refractivity contribution is 0.0734. The molecule has 0 spiro atoms. The zero-order valence-corrected chi connectivity index (χ0v) is 14.3. The van der Waals surface area contributed by atoms with E-state index in [0.717, 1.165) is 11.8 Å². The Labute approximate surface area is 153 Å². The number of ether oxygens (including phenoxy) is 1. The molecule has 0 aliphatic heterocycles. The van der Waals surface area contributed by atoms with Crippen LogP contribution >= 0.6 is 0 Å². The van der Waals surface area contributed by atoms with Crippen molar-refractivity contribution in [2.24, 2.45) is 5.10 Å². The molecule has 0 radical (unpaired) electrons. The summed E-state index contributed by atoms with van der Waals surface area (Å²) < 4.78 is 18.3. The van der Waals surface area contributed by atoms with Crippen LogP contribution in [0.1, 0.15) is 32.1 Å². The Hall–Kier alpha value is -3.81. The third-order valence-electron chi connectivity index (χ3n) is 3.47. The van der Waals surface area contributed by atoms with Crippen molar-refractivity contribution >= 4 is 18.1 Å². The van der Waals surface area contributed by atoms with Gasteiger partial charge in [0.15, 0.2) is 5.69 Å². The van der Waals surface area contributed by atoms with Crippen molar-refractivity contribution in [3.63, 3.8) is 0 Å². The lowest BCUT2D eigenvalue weighted by Gasteiger charge is -2.04. The number of nitrogens with one attached hydrogen (secondary N) is 2. The lowest BCUT2D eigenvalue weighted by atomic mass is 10.2. The summed E-state index contributed by atoms with van der Waals surface area (Å²) in [5.41, 5.74) is 4.17. The van der Waals surface area contributed by atoms with Gasteiger partial charge in [0.25, 0.3) is 5.91 Å². The molecule has 3 aromatic rings. The van der Waals surface area contributed by atoms with Gasteiger partial charge in [-0.05, 0) is 61.0 Å². The van der Waals surface area contributed by atoms with Gasteiger partial charge in [0, 0.05) is 5.69 Å². The van der Waals surface area contributed by atoms with Crippen LogP contribution in [0.2, 0.25) is 0 Å². The Balaban J connectivity index is 1.57. The van der Waals surface area contributed by atoms with Crippen molar-refractivity contribution < 1.29 is 18.7 Å². The first kappa shape index (κ1) is 18.0. The molecule has 7 nitrogen and oxygen atoms in total. The molecule has 0 saturated heterocycles. The van der Waals surface area contributed by atoms with Crippen LogP contribution < -0.4 is 10.2 Å². The first-order valence-corrected chi connectivity index (χ1v) is 7.94. The van der Waals surface area contributed by atoms with Gasteiger partial charge in [-0.3, -0.25) is 9.89 Å². The van der Waals surface area contributed by atoms with Crippen molar-refractivity contribution in [1.82, 2.24) is 15.6 Å². The van der Waals surface area contributed by atoms with E-state index < -0.39 is 17.7 Å². The van der Waals surface area contributed by atoms with Gasteiger partial charge in [0.2, 0.25) is 0 Å². The number of aromatic nitrogens is 2. The molecule has 1 aromatic heterocycles. The Morgan fingerprint density at radius 2 is 1.96 bits per heavy atom. The van der Waals surface area contributed by atoms with E-state index in [1.807, 2.05) is 0 Å². The number of esters is 1. The summed E-state index contributed by atoms with van der Waals surface area (Å²) in [4.78, 5) is 23.8. The quantitative estimate of drug-likeness (QED) is 0.314. The molecule has 1 heterocycles. The molecule has 136 valence electrons. The smallest absolute Gasteiger partial charge is 0.343 e.